The van der Waals surface area contributed by atoms with E-state index in [9.17, 15) is 0 Å². The zero-order valence-electron chi connectivity index (χ0n) is 11.9. The largest absolute Gasteiger partial charge is 0.374 e. The Morgan fingerprint density at radius 1 is 1.33 bits per heavy atom. The average molecular weight is 251 g/mol. The van der Waals surface area contributed by atoms with Gasteiger partial charge in [-0.2, -0.15) is 0 Å². The minimum absolute atomic E-state index is 0.280. The second kappa shape index (κ2) is 5.76. The van der Waals surface area contributed by atoms with E-state index < -0.39 is 0 Å². The van der Waals surface area contributed by atoms with Crippen LogP contribution in [0.5, 0.6) is 0 Å². The van der Waals surface area contributed by atoms with Crippen LogP contribution in [0.3, 0.4) is 0 Å². The molecule has 0 aromatic carbocycles. The molecule has 0 radical (unpaired) electrons. The van der Waals surface area contributed by atoms with Crippen molar-refractivity contribution in [1.82, 2.24) is 9.58 Å². The van der Waals surface area contributed by atoms with Crippen LogP contribution in [0.25, 0.3) is 0 Å². The number of nitrogens with one attached hydrogen (secondary N) is 1. The number of rotatable bonds is 4. The summed E-state index contributed by atoms with van der Waals surface area (Å²) in [6.07, 6.45) is 0.280. The van der Waals surface area contributed by atoms with E-state index in [0.717, 1.165) is 26.2 Å². The molecule has 1 saturated heterocycles. The van der Waals surface area contributed by atoms with Gasteiger partial charge in [-0.05, 0) is 39.8 Å². The van der Waals surface area contributed by atoms with Gasteiger partial charge in [-0.25, -0.2) is 0 Å². The van der Waals surface area contributed by atoms with Gasteiger partial charge in [0.1, 0.15) is 0 Å². The topological polar surface area (TPSA) is 29.4 Å². The number of ether oxygens (including phenoxy) is 1. The van der Waals surface area contributed by atoms with E-state index in [2.05, 4.69) is 54.8 Å². The van der Waals surface area contributed by atoms with Crippen molar-refractivity contribution in [2.45, 2.75) is 39.8 Å². The highest BCUT2D eigenvalue weighted by molar-refractivity contribution is 5.15. The molecule has 102 valence electrons. The third-order valence-electron chi connectivity index (χ3n) is 3.65. The fourth-order valence-electron chi connectivity index (χ4n) is 2.45. The van der Waals surface area contributed by atoms with E-state index in [4.69, 9.17) is 4.74 Å². The zero-order valence-corrected chi connectivity index (χ0v) is 11.9. The van der Waals surface area contributed by atoms with Crippen molar-refractivity contribution < 1.29 is 4.74 Å². The minimum Gasteiger partial charge on any atom is -0.374 e. The lowest BCUT2D eigenvalue weighted by Crippen LogP contribution is -2.48. The van der Waals surface area contributed by atoms with E-state index in [-0.39, 0.29) is 6.10 Å². The summed E-state index contributed by atoms with van der Waals surface area (Å²) < 4.78 is 7.96. The van der Waals surface area contributed by atoms with Crippen molar-refractivity contribution in [3.8, 4) is 0 Å². The number of aromatic nitrogens is 1. The highest BCUT2D eigenvalue weighted by Gasteiger charge is 2.22. The Balaban J connectivity index is 1.87. The Hall–Kier alpha value is -1.00. The van der Waals surface area contributed by atoms with Crippen LogP contribution >= 0.6 is 0 Å². The Kier molecular flexibility index (Phi) is 4.30. The normalized spacial score (nSPS) is 21.5. The number of hydrogen-bond donors (Lipinski definition) is 1. The van der Waals surface area contributed by atoms with Crippen molar-refractivity contribution in [3.05, 3.63) is 23.5 Å². The van der Waals surface area contributed by atoms with Crippen LogP contribution < -0.4 is 5.43 Å². The van der Waals surface area contributed by atoms with Gasteiger partial charge in [0.25, 0.3) is 0 Å². The lowest BCUT2D eigenvalue weighted by atomic mass is 10.2. The van der Waals surface area contributed by atoms with E-state index in [0.29, 0.717) is 6.04 Å². The van der Waals surface area contributed by atoms with Gasteiger partial charge in [0.15, 0.2) is 0 Å². The first-order valence-corrected chi connectivity index (χ1v) is 6.82. The summed E-state index contributed by atoms with van der Waals surface area (Å²) in [7, 11) is 0. The second-order valence-corrected chi connectivity index (χ2v) is 5.40. The van der Waals surface area contributed by atoms with Crippen molar-refractivity contribution in [2.24, 2.45) is 0 Å². The molecule has 4 nitrogen and oxygen atoms in total. The van der Waals surface area contributed by atoms with Gasteiger partial charge in [-0.3, -0.25) is 9.58 Å². The predicted octanol–water partition coefficient (Wildman–Crippen LogP) is 1.76. The quantitative estimate of drug-likeness (QED) is 0.884. The Labute approximate surface area is 110 Å². The molecule has 1 aromatic rings. The molecule has 1 N–H and O–H groups in total. The molecule has 1 fully saturated rings. The van der Waals surface area contributed by atoms with Crippen molar-refractivity contribution >= 4 is 0 Å². The molecule has 0 spiro atoms. The lowest BCUT2D eigenvalue weighted by Gasteiger charge is -2.35. The minimum atomic E-state index is 0.280. The SMILES string of the molecule is Cc1ccc(C)n1NCC1CN(C(C)C)CCO1. The average Bonchev–Trinajstić information content (AvgIpc) is 2.67. The molecule has 1 aliphatic rings. The van der Waals surface area contributed by atoms with Crippen LogP contribution in [0.2, 0.25) is 0 Å². The first-order chi connectivity index (χ1) is 8.58. The Morgan fingerprint density at radius 2 is 2.00 bits per heavy atom. The molecule has 1 aliphatic heterocycles. The van der Waals surface area contributed by atoms with Crippen LogP contribution in [0, 0.1) is 13.8 Å². The second-order valence-electron chi connectivity index (χ2n) is 5.40. The summed E-state index contributed by atoms with van der Waals surface area (Å²) in [5, 5.41) is 0. The van der Waals surface area contributed by atoms with Gasteiger partial charge >= 0.3 is 0 Å². The summed E-state index contributed by atoms with van der Waals surface area (Å²) in [4.78, 5) is 2.48. The van der Waals surface area contributed by atoms with Gasteiger partial charge in [-0.1, -0.05) is 0 Å². The fourth-order valence-corrected chi connectivity index (χ4v) is 2.45. The van der Waals surface area contributed by atoms with Crippen LogP contribution in [-0.4, -0.2) is 48.0 Å². The van der Waals surface area contributed by atoms with E-state index in [1.54, 1.807) is 0 Å². The van der Waals surface area contributed by atoms with Crippen LogP contribution in [-0.2, 0) is 4.74 Å². The van der Waals surface area contributed by atoms with Gasteiger partial charge in [-0.15, -0.1) is 0 Å². The highest BCUT2D eigenvalue weighted by Crippen LogP contribution is 2.09. The number of aryl methyl sites for hydroxylation is 2. The maximum absolute atomic E-state index is 5.82. The molecular weight excluding hydrogens is 226 g/mol. The molecule has 0 saturated carbocycles. The molecule has 1 aromatic heterocycles. The molecule has 2 rings (SSSR count). The molecule has 2 heterocycles. The van der Waals surface area contributed by atoms with Crippen molar-refractivity contribution in [1.29, 1.82) is 0 Å². The number of hydrogen-bond acceptors (Lipinski definition) is 3. The molecule has 0 aliphatic carbocycles. The monoisotopic (exact) mass is 251 g/mol. The van der Waals surface area contributed by atoms with Crippen molar-refractivity contribution in [3.63, 3.8) is 0 Å². The van der Waals surface area contributed by atoms with E-state index >= 15 is 0 Å². The van der Waals surface area contributed by atoms with Crippen LogP contribution in [0.1, 0.15) is 25.2 Å². The first-order valence-electron chi connectivity index (χ1n) is 6.82. The van der Waals surface area contributed by atoms with Gasteiger partial charge in [0.05, 0.1) is 19.3 Å². The van der Waals surface area contributed by atoms with Gasteiger partial charge in [0.2, 0.25) is 0 Å². The van der Waals surface area contributed by atoms with Crippen molar-refractivity contribution in [2.75, 3.05) is 31.7 Å². The third-order valence-corrected chi connectivity index (χ3v) is 3.65. The number of nitrogens with zero attached hydrogens (tertiary/aromatic N) is 2. The molecular formula is C14H25N3O. The van der Waals surface area contributed by atoms with E-state index in [1.807, 2.05) is 0 Å². The van der Waals surface area contributed by atoms with E-state index in [1.165, 1.54) is 11.4 Å². The Morgan fingerprint density at radius 3 is 2.61 bits per heavy atom. The first kappa shape index (κ1) is 13.4. The molecule has 1 atom stereocenters. The highest BCUT2D eigenvalue weighted by atomic mass is 16.5. The fraction of sp³-hybridized carbons (Fsp3) is 0.714. The standard InChI is InChI=1S/C14H25N3O/c1-11(2)16-7-8-18-14(10-16)9-15-17-12(3)5-6-13(17)4/h5-6,11,14-15H,7-10H2,1-4H3. The molecule has 0 bridgehead atoms. The summed E-state index contributed by atoms with van der Waals surface area (Å²) in [5.41, 5.74) is 5.94. The molecule has 18 heavy (non-hydrogen) atoms. The maximum atomic E-state index is 5.82. The molecule has 1 unspecified atom stereocenters. The zero-order chi connectivity index (χ0) is 13.1. The maximum Gasteiger partial charge on any atom is 0.0890 e. The number of morpholine rings is 1. The lowest BCUT2D eigenvalue weighted by molar-refractivity contribution is -0.0326. The summed E-state index contributed by atoms with van der Waals surface area (Å²) in [6, 6.07) is 4.86. The summed E-state index contributed by atoms with van der Waals surface area (Å²) >= 11 is 0. The van der Waals surface area contributed by atoms with Crippen LogP contribution in [0.4, 0.5) is 0 Å². The third kappa shape index (κ3) is 3.06. The summed E-state index contributed by atoms with van der Waals surface area (Å²) in [5.74, 6) is 0. The van der Waals surface area contributed by atoms with Gasteiger partial charge in [0, 0.05) is 30.5 Å². The van der Waals surface area contributed by atoms with Crippen LogP contribution in [0.15, 0.2) is 12.1 Å². The molecule has 4 heteroatoms. The van der Waals surface area contributed by atoms with Gasteiger partial charge < -0.3 is 10.2 Å². The Bertz CT molecular complexity index is 367. The summed E-state index contributed by atoms with van der Waals surface area (Å²) in [6.45, 7) is 12.5. The molecule has 0 amide bonds. The predicted molar refractivity (Wildman–Crippen MR) is 74.6 cm³/mol. The smallest absolute Gasteiger partial charge is 0.0890 e.